The Hall–Kier alpha value is -1.63. The van der Waals surface area contributed by atoms with Gasteiger partial charge in [0.15, 0.2) is 0 Å². The first-order chi connectivity index (χ1) is 8.84. The molecule has 0 aliphatic heterocycles. The molecule has 0 aromatic carbocycles. The fourth-order valence-corrected chi connectivity index (χ4v) is 1.69. The average Bonchev–Trinajstić information content (AvgIpc) is 2.33. The van der Waals surface area contributed by atoms with Crippen LogP contribution in [0, 0.1) is 11.3 Å². The summed E-state index contributed by atoms with van der Waals surface area (Å²) in [6.07, 6.45) is -1.30. The molecule has 0 radical (unpaired) electrons. The van der Waals surface area contributed by atoms with Gasteiger partial charge in [-0.25, -0.2) is 0 Å². The number of alkyl halides is 3. The minimum Gasteiger partial charge on any atom is -0.387 e. The van der Waals surface area contributed by atoms with Gasteiger partial charge >= 0.3 is 6.18 Å². The predicted octanol–water partition coefficient (Wildman–Crippen LogP) is 2.02. The van der Waals surface area contributed by atoms with Gasteiger partial charge in [0.05, 0.1) is 0 Å². The molecule has 1 rings (SSSR count). The Balaban J connectivity index is 2.73. The molecule has 3 N–H and O–H groups in total. The summed E-state index contributed by atoms with van der Waals surface area (Å²) in [5.41, 5.74) is 5.92. The normalized spacial score (nSPS) is 13.5. The second-order valence-electron chi connectivity index (χ2n) is 4.23. The molecule has 0 saturated carbocycles. The molecule has 0 aliphatic carbocycles. The molecule has 1 aromatic rings. The van der Waals surface area contributed by atoms with Crippen LogP contribution < -0.4 is 5.73 Å². The molecular weight excluding hydrogens is 257 g/mol. The highest BCUT2D eigenvalue weighted by atomic mass is 19.4. The van der Waals surface area contributed by atoms with Gasteiger partial charge in [0.2, 0.25) is 0 Å². The Labute approximate surface area is 109 Å². The van der Waals surface area contributed by atoms with Gasteiger partial charge in [-0.2, -0.15) is 13.2 Å². The smallest absolute Gasteiger partial charge is 0.387 e. The van der Waals surface area contributed by atoms with Crippen LogP contribution in [0.1, 0.15) is 12.5 Å². The van der Waals surface area contributed by atoms with Crippen molar-refractivity contribution >= 4 is 5.84 Å². The third-order valence-corrected chi connectivity index (χ3v) is 2.81. The lowest BCUT2D eigenvalue weighted by atomic mass is 10.1. The lowest BCUT2D eigenvalue weighted by Gasteiger charge is -2.27. The average molecular weight is 274 g/mol. The van der Waals surface area contributed by atoms with E-state index in [9.17, 15) is 13.2 Å². The van der Waals surface area contributed by atoms with Crippen molar-refractivity contribution in [2.45, 2.75) is 19.6 Å². The van der Waals surface area contributed by atoms with E-state index in [2.05, 4.69) is 4.98 Å². The molecule has 1 aromatic heterocycles. The third-order valence-electron chi connectivity index (χ3n) is 2.81. The van der Waals surface area contributed by atoms with E-state index in [-0.39, 0.29) is 6.54 Å². The van der Waals surface area contributed by atoms with Crippen molar-refractivity contribution in [2.24, 2.45) is 11.7 Å². The monoisotopic (exact) mass is 274 g/mol. The van der Waals surface area contributed by atoms with Crippen LogP contribution >= 0.6 is 0 Å². The maximum Gasteiger partial charge on any atom is 0.399 e. The number of nitrogens with zero attached hydrogens (tertiary/aromatic N) is 2. The first-order valence-corrected chi connectivity index (χ1v) is 5.86. The molecular formula is C12H17F3N4. The minimum absolute atomic E-state index is 0.308. The van der Waals surface area contributed by atoms with E-state index in [1.54, 1.807) is 36.4 Å². The van der Waals surface area contributed by atoms with Gasteiger partial charge in [-0.3, -0.25) is 15.3 Å². The van der Waals surface area contributed by atoms with Crippen LogP contribution in [0.2, 0.25) is 0 Å². The quantitative estimate of drug-likeness (QED) is 0.616. The van der Waals surface area contributed by atoms with E-state index in [4.69, 9.17) is 11.1 Å². The van der Waals surface area contributed by atoms with Crippen molar-refractivity contribution in [2.75, 3.05) is 13.1 Å². The van der Waals surface area contributed by atoms with Crippen LogP contribution in [0.4, 0.5) is 13.2 Å². The minimum atomic E-state index is -4.49. The van der Waals surface area contributed by atoms with Crippen molar-refractivity contribution < 1.29 is 13.2 Å². The number of nitrogens with two attached hydrogens (primary N) is 1. The number of hydrogen-bond acceptors (Lipinski definition) is 3. The van der Waals surface area contributed by atoms with Crippen molar-refractivity contribution in [3.05, 3.63) is 30.1 Å². The highest BCUT2D eigenvalue weighted by molar-refractivity contribution is 5.80. The largest absolute Gasteiger partial charge is 0.399 e. The maximum atomic E-state index is 12.7. The van der Waals surface area contributed by atoms with Gasteiger partial charge in [-0.15, -0.1) is 0 Å². The molecule has 0 fully saturated rings. The summed E-state index contributed by atoms with van der Waals surface area (Å²) in [6.45, 7) is 2.29. The summed E-state index contributed by atoms with van der Waals surface area (Å²) in [5, 5.41) is 7.08. The fourth-order valence-electron chi connectivity index (χ4n) is 1.69. The SMILES string of the molecule is CCN(Cc1ccncc1)CC(C(=N)N)C(F)(F)F. The second kappa shape index (κ2) is 6.51. The zero-order valence-electron chi connectivity index (χ0n) is 10.6. The van der Waals surface area contributed by atoms with Crippen LogP contribution in [-0.4, -0.2) is 35.0 Å². The Morgan fingerprint density at radius 1 is 1.42 bits per heavy atom. The van der Waals surface area contributed by atoms with Crippen molar-refractivity contribution in [1.82, 2.24) is 9.88 Å². The van der Waals surface area contributed by atoms with Gasteiger partial charge in [-0.1, -0.05) is 6.92 Å². The van der Waals surface area contributed by atoms with E-state index >= 15 is 0 Å². The van der Waals surface area contributed by atoms with E-state index in [1.807, 2.05) is 0 Å². The zero-order chi connectivity index (χ0) is 14.5. The molecule has 4 nitrogen and oxygen atoms in total. The summed E-state index contributed by atoms with van der Waals surface area (Å²) in [4.78, 5) is 5.46. The van der Waals surface area contributed by atoms with Gasteiger partial charge < -0.3 is 5.73 Å². The highest BCUT2D eigenvalue weighted by Gasteiger charge is 2.42. The number of nitrogens with one attached hydrogen (secondary N) is 1. The molecule has 0 amide bonds. The summed E-state index contributed by atoms with van der Waals surface area (Å²) in [7, 11) is 0. The lowest BCUT2D eigenvalue weighted by molar-refractivity contribution is -0.160. The first-order valence-electron chi connectivity index (χ1n) is 5.86. The van der Waals surface area contributed by atoms with Crippen LogP contribution in [0.3, 0.4) is 0 Å². The Bertz CT molecular complexity index is 405. The van der Waals surface area contributed by atoms with E-state index in [0.29, 0.717) is 13.1 Å². The van der Waals surface area contributed by atoms with Crippen LogP contribution in [0.5, 0.6) is 0 Å². The van der Waals surface area contributed by atoms with Gasteiger partial charge in [0.25, 0.3) is 0 Å². The van der Waals surface area contributed by atoms with Crippen LogP contribution in [-0.2, 0) is 6.54 Å². The number of rotatable bonds is 6. The van der Waals surface area contributed by atoms with Gasteiger partial charge in [-0.05, 0) is 24.2 Å². The fraction of sp³-hybridized carbons (Fsp3) is 0.500. The van der Waals surface area contributed by atoms with Gasteiger partial charge in [0.1, 0.15) is 11.8 Å². The summed E-state index contributed by atoms with van der Waals surface area (Å²) < 4.78 is 38.2. The molecule has 0 saturated heterocycles. The highest BCUT2D eigenvalue weighted by Crippen LogP contribution is 2.27. The standard InChI is InChI=1S/C12H17F3N4/c1-2-19(7-9-3-5-18-6-4-9)8-10(11(16)17)12(13,14)15/h3-6,10H,2,7-8H2,1H3,(H3,16,17). The van der Waals surface area contributed by atoms with E-state index in [1.165, 1.54) is 0 Å². The van der Waals surface area contributed by atoms with Gasteiger partial charge in [0, 0.05) is 25.5 Å². The van der Waals surface area contributed by atoms with Crippen LogP contribution in [0.25, 0.3) is 0 Å². The third kappa shape index (κ3) is 4.86. The summed E-state index contributed by atoms with van der Waals surface area (Å²) >= 11 is 0. The zero-order valence-corrected chi connectivity index (χ0v) is 10.6. The number of hydrogen-bond donors (Lipinski definition) is 2. The predicted molar refractivity (Wildman–Crippen MR) is 66.6 cm³/mol. The van der Waals surface area contributed by atoms with Crippen molar-refractivity contribution in [3.8, 4) is 0 Å². The first kappa shape index (κ1) is 15.4. The molecule has 7 heteroatoms. The van der Waals surface area contributed by atoms with Crippen LogP contribution in [0.15, 0.2) is 24.5 Å². The maximum absolute atomic E-state index is 12.7. The van der Waals surface area contributed by atoms with Crippen molar-refractivity contribution in [1.29, 1.82) is 5.41 Å². The molecule has 1 heterocycles. The topological polar surface area (TPSA) is 66.0 Å². The Morgan fingerprint density at radius 2 is 2.00 bits per heavy atom. The summed E-state index contributed by atoms with van der Waals surface area (Å²) in [5.74, 6) is -2.77. The molecule has 0 aliphatic rings. The molecule has 106 valence electrons. The van der Waals surface area contributed by atoms with E-state index < -0.39 is 17.9 Å². The number of amidine groups is 1. The molecule has 1 atom stereocenters. The molecule has 1 unspecified atom stereocenters. The lowest BCUT2D eigenvalue weighted by Crippen LogP contribution is -2.43. The second-order valence-corrected chi connectivity index (χ2v) is 4.23. The van der Waals surface area contributed by atoms with E-state index in [0.717, 1.165) is 5.56 Å². The number of aromatic nitrogens is 1. The molecule has 19 heavy (non-hydrogen) atoms. The van der Waals surface area contributed by atoms with Crippen molar-refractivity contribution in [3.63, 3.8) is 0 Å². The molecule has 0 spiro atoms. The number of pyridine rings is 1. The number of halogens is 3. The summed E-state index contributed by atoms with van der Waals surface area (Å²) in [6, 6.07) is 3.50. The molecule has 0 bridgehead atoms. The Kier molecular flexibility index (Phi) is 5.29. The Morgan fingerprint density at radius 3 is 2.42 bits per heavy atom.